The number of nitrogens with zero attached hydrogens (tertiary/aromatic N) is 1. The van der Waals surface area contributed by atoms with E-state index in [1.54, 1.807) is 19.0 Å². The van der Waals surface area contributed by atoms with E-state index in [0.29, 0.717) is 11.6 Å². The van der Waals surface area contributed by atoms with Crippen molar-refractivity contribution >= 4 is 11.6 Å². The molecule has 0 aliphatic rings. The highest BCUT2D eigenvalue weighted by molar-refractivity contribution is 5.94. The summed E-state index contributed by atoms with van der Waals surface area (Å²) < 4.78 is 0. The van der Waals surface area contributed by atoms with Crippen LogP contribution in [0.5, 0.6) is 0 Å². The fourth-order valence-corrected chi connectivity index (χ4v) is 1.30. The molecule has 0 radical (unpaired) electrons. The van der Waals surface area contributed by atoms with Crippen molar-refractivity contribution in [3.63, 3.8) is 0 Å². The van der Waals surface area contributed by atoms with Crippen molar-refractivity contribution in [2.45, 2.75) is 19.9 Å². The Kier molecular flexibility index (Phi) is 3.72. The van der Waals surface area contributed by atoms with Crippen LogP contribution >= 0.6 is 0 Å². The van der Waals surface area contributed by atoms with E-state index in [4.69, 9.17) is 0 Å². The van der Waals surface area contributed by atoms with Gasteiger partial charge in [0.1, 0.15) is 0 Å². The molecule has 1 aromatic rings. The predicted octanol–water partition coefficient (Wildman–Crippen LogP) is 2.21. The second kappa shape index (κ2) is 4.82. The lowest BCUT2D eigenvalue weighted by atomic mass is 10.2. The maximum atomic E-state index is 11.6. The normalized spacial score (nSPS) is 10.2. The molecular formula is C12H18N2O. The van der Waals surface area contributed by atoms with Gasteiger partial charge in [-0.1, -0.05) is 0 Å². The van der Waals surface area contributed by atoms with E-state index in [2.05, 4.69) is 19.2 Å². The van der Waals surface area contributed by atoms with Crippen molar-refractivity contribution in [2.75, 3.05) is 19.4 Å². The van der Waals surface area contributed by atoms with Gasteiger partial charge in [0.2, 0.25) is 0 Å². The minimum Gasteiger partial charge on any atom is -0.383 e. The minimum absolute atomic E-state index is 0.0334. The summed E-state index contributed by atoms with van der Waals surface area (Å²) in [5.41, 5.74) is 1.76. The van der Waals surface area contributed by atoms with Crippen LogP contribution in [0.15, 0.2) is 24.3 Å². The second-order valence-electron chi connectivity index (χ2n) is 4.08. The van der Waals surface area contributed by atoms with E-state index in [9.17, 15) is 4.79 Å². The van der Waals surface area contributed by atoms with Gasteiger partial charge in [0, 0.05) is 31.4 Å². The number of carbonyl (C=O) groups excluding carboxylic acids is 1. The zero-order chi connectivity index (χ0) is 11.4. The molecule has 0 atom stereocenters. The first-order valence-corrected chi connectivity index (χ1v) is 5.09. The lowest BCUT2D eigenvalue weighted by Gasteiger charge is -2.12. The predicted molar refractivity (Wildman–Crippen MR) is 63.2 cm³/mol. The van der Waals surface area contributed by atoms with Gasteiger partial charge in [-0.15, -0.1) is 0 Å². The molecule has 1 N–H and O–H groups in total. The summed E-state index contributed by atoms with van der Waals surface area (Å²) in [7, 11) is 3.51. The van der Waals surface area contributed by atoms with Crippen LogP contribution in [0, 0.1) is 0 Å². The summed E-state index contributed by atoms with van der Waals surface area (Å²) in [5, 5.41) is 3.28. The molecule has 0 spiro atoms. The summed E-state index contributed by atoms with van der Waals surface area (Å²) in [6, 6.07) is 7.94. The molecule has 0 saturated carbocycles. The Morgan fingerprint density at radius 2 is 1.73 bits per heavy atom. The van der Waals surface area contributed by atoms with Crippen LogP contribution in [0.3, 0.4) is 0 Å². The molecule has 1 amide bonds. The van der Waals surface area contributed by atoms with Crippen LogP contribution < -0.4 is 5.32 Å². The SMILES string of the molecule is CC(C)Nc1ccc(C(=O)N(C)C)cc1. The van der Waals surface area contributed by atoms with Gasteiger partial charge < -0.3 is 10.2 Å². The molecule has 0 aromatic heterocycles. The van der Waals surface area contributed by atoms with Crippen molar-refractivity contribution < 1.29 is 4.79 Å². The van der Waals surface area contributed by atoms with Gasteiger partial charge in [-0.05, 0) is 38.1 Å². The molecule has 0 aliphatic heterocycles. The van der Waals surface area contributed by atoms with Gasteiger partial charge in [-0.3, -0.25) is 4.79 Å². The molecule has 15 heavy (non-hydrogen) atoms. The van der Waals surface area contributed by atoms with Crippen molar-refractivity contribution in [1.29, 1.82) is 0 Å². The zero-order valence-corrected chi connectivity index (χ0v) is 9.74. The molecule has 0 bridgehead atoms. The summed E-state index contributed by atoms with van der Waals surface area (Å²) in [4.78, 5) is 13.2. The van der Waals surface area contributed by atoms with Crippen molar-refractivity contribution in [2.24, 2.45) is 0 Å². The first kappa shape index (κ1) is 11.6. The molecule has 0 unspecified atom stereocenters. The lowest BCUT2D eigenvalue weighted by molar-refractivity contribution is 0.0827. The van der Waals surface area contributed by atoms with Gasteiger partial charge in [0.25, 0.3) is 5.91 Å². The number of carbonyl (C=O) groups is 1. The minimum atomic E-state index is 0.0334. The molecule has 3 heteroatoms. The topological polar surface area (TPSA) is 32.3 Å². The maximum Gasteiger partial charge on any atom is 0.253 e. The molecule has 1 rings (SSSR count). The van der Waals surface area contributed by atoms with Gasteiger partial charge in [0.15, 0.2) is 0 Å². The monoisotopic (exact) mass is 206 g/mol. The highest BCUT2D eigenvalue weighted by Crippen LogP contribution is 2.11. The third-order valence-corrected chi connectivity index (χ3v) is 1.99. The number of amides is 1. The fourth-order valence-electron chi connectivity index (χ4n) is 1.30. The van der Waals surface area contributed by atoms with Gasteiger partial charge in [-0.25, -0.2) is 0 Å². The van der Waals surface area contributed by atoms with E-state index in [1.807, 2.05) is 24.3 Å². The van der Waals surface area contributed by atoms with Crippen molar-refractivity contribution in [3.8, 4) is 0 Å². The maximum absolute atomic E-state index is 11.6. The Balaban J connectivity index is 2.76. The van der Waals surface area contributed by atoms with E-state index < -0.39 is 0 Å². The summed E-state index contributed by atoms with van der Waals surface area (Å²) in [6.07, 6.45) is 0. The average Bonchev–Trinajstić information content (AvgIpc) is 2.17. The Morgan fingerprint density at radius 1 is 1.20 bits per heavy atom. The Bertz CT molecular complexity index is 328. The standard InChI is InChI=1S/C12H18N2O/c1-9(2)13-11-7-5-10(6-8-11)12(15)14(3)4/h5-9,13H,1-4H3. The van der Waals surface area contributed by atoms with Crippen LogP contribution in [-0.4, -0.2) is 30.9 Å². The molecule has 0 aliphatic carbocycles. The number of hydrogen-bond donors (Lipinski definition) is 1. The van der Waals surface area contributed by atoms with Gasteiger partial charge >= 0.3 is 0 Å². The van der Waals surface area contributed by atoms with Crippen molar-refractivity contribution in [3.05, 3.63) is 29.8 Å². The summed E-state index contributed by atoms with van der Waals surface area (Å²) >= 11 is 0. The van der Waals surface area contributed by atoms with Crippen LogP contribution in [-0.2, 0) is 0 Å². The molecule has 1 aromatic carbocycles. The average molecular weight is 206 g/mol. The molecule has 0 heterocycles. The summed E-state index contributed by atoms with van der Waals surface area (Å²) in [6.45, 7) is 4.16. The zero-order valence-electron chi connectivity index (χ0n) is 9.74. The third kappa shape index (κ3) is 3.27. The third-order valence-electron chi connectivity index (χ3n) is 1.99. The molecular weight excluding hydrogens is 188 g/mol. The first-order chi connectivity index (χ1) is 7.00. The molecule has 3 nitrogen and oxygen atoms in total. The molecule has 0 saturated heterocycles. The molecule has 0 fully saturated rings. The van der Waals surface area contributed by atoms with Crippen molar-refractivity contribution in [1.82, 2.24) is 4.90 Å². The Labute approximate surface area is 91.1 Å². The number of hydrogen-bond acceptors (Lipinski definition) is 2. The van der Waals surface area contributed by atoms with E-state index in [-0.39, 0.29) is 5.91 Å². The highest BCUT2D eigenvalue weighted by Gasteiger charge is 2.06. The highest BCUT2D eigenvalue weighted by atomic mass is 16.2. The summed E-state index contributed by atoms with van der Waals surface area (Å²) in [5.74, 6) is 0.0334. The number of rotatable bonds is 3. The van der Waals surface area contributed by atoms with E-state index in [0.717, 1.165) is 5.69 Å². The number of anilines is 1. The smallest absolute Gasteiger partial charge is 0.253 e. The van der Waals surface area contributed by atoms with Crippen LogP contribution in [0.1, 0.15) is 24.2 Å². The van der Waals surface area contributed by atoms with Crippen LogP contribution in [0.25, 0.3) is 0 Å². The van der Waals surface area contributed by atoms with E-state index >= 15 is 0 Å². The Hall–Kier alpha value is -1.51. The second-order valence-corrected chi connectivity index (χ2v) is 4.08. The quantitative estimate of drug-likeness (QED) is 0.822. The lowest BCUT2D eigenvalue weighted by Crippen LogP contribution is -2.21. The van der Waals surface area contributed by atoms with E-state index in [1.165, 1.54) is 0 Å². The van der Waals surface area contributed by atoms with Gasteiger partial charge in [-0.2, -0.15) is 0 Å². The Morgan fingerprint density at radius 3 is 2.13 bits per heavy atom. The number of benzene rings is 1. The van der Waals surface area contributed by atoms with Crippen LogP contribution in [0.4, 0.5) is 5.69 Å². The largest absolute Gasteiger partial charge is 0.383 e. The van der Waals surface area contributed by atoms with Crippen LogP contribution in [0.2, 0.25) is 0 Å². The first-order valence-electron chi connectivity index (χ1n) is 5.09. The number of nitrogens with one attached hydrogen (secondary N) is 1. The van der Waals surface area contributed by atoms with Gasteiger partial charge in [0.05, 0.1) is 0 Å². The molecule has 82 valence electrons. The fraction of sp³-hybridized carbons (Fsp3) is 0.417.